The predicted molar refractivity (Wildman–Crippen MR) is 73.6 cm³/mol. The lowest BCUT2D eigenvalue weighted by Crippen LogP contribution is -1.96. The molecule has 19 heavy (non-hydrogen) atoms. The number of anilines is 2. The lowest BCUT2D eigenvalue weighted by molar-refractivity contribution is 0.402. The molecule has 3 rings (SSSR count). The van der Waals surface area contributed by atoms with E-state index in [2.05, 4.69) is 20.3 Å². The molecule has 5 heteroatoms. The molecule has 0 aliphatic carbocycles. The van der Waals surface area contributed by atoms with Crippen molar-refractivity contribution in [1.82, 2.24) is 15.0 Å². The third kappa shape index (κ3) is 2.18. The van der Waals surface area contributed by atoms with E-state index in [1.165, 1.54) is 0 Å². The summed E-state index contributed by atoms with van der Waals surface area (Å²) in [5, 5.41) is 4.21. The Morgan fingerprint density at radius 1 is 0.947 bits per heavy atom. The van der Waals surface area contributed by atoms with Crippen LogP contribution in [0.1, 0.15) is 0 Å². The Morgan fingerprint density at radius 2 is 1.84 bits per heavy atom. The van der Waals surface area contributed by atoms with Gasteiger partial charge in [0.1, 0.15) is 11.3 Å². The molecule has 3 heterocycles. The minimum atomic E-state index is 0.516. The van der Waals surface area contributed by atoms with Gasteiger partial charge in [-0.25, -0.2) is 9.97 Å². The maximum absolute atomic E-state index is 5.22. The van der Waals surface area contributed by atoms with Gasteiger partial charge in [0.15, 0.2) is 0 Å². The highest BCUT2D eigenvalue weighted by Crippen LogP contribution is 2.28. The minimum absolute atomic E-state index is 0.516. The van der Waals surface area contributed by atoms with E-state index in [0.717, 1.165) is 22.4 Å². The van der Waals surface area contributed by atoms with Gasteiger partial charge in [0, 0.05) is 24.0 Å². The van der Waals surface area contributed by atoms with Gasteiger partial charge >= 0.3 is 0 Å². The lowest BCUT2D eigenvalue weighted by atomic mass is 10.2. The zero-order chi connectivity index (χ0) is 13.1. The van der Waals surface area contributed by atoms with Crippen molar-refractivity contribution >= 4 is 22.4 Å². The minimum Gasteiger partial charge on any atom is -0.479 e. The summed E-state index contributed by atoms with van der Waals surface area (Å²) in [6, 6.07) is 9.51. The monoisotopic (exact) mass is 252 g/mol. The zero-order valence-corrected chi connectivity index (χ0v) is 10.4. The highest BCUT2D eigenvalue weighted by Gasteiger charge is 2.07. The maximum atomic E-state index is 5.22. The Balaban J connectivity index is 2.09. The molecule has 94 valence electrons. The summed E-state index contributed by atoms with van der Waals surface area (Å²) in [7, 11) is 1.59. The fraction of sp³-hybridized carbons (Fsp3) is 0.0714. The van der Waals surface area contributed by atoms with Gasteiger partial charge in [-0.2, -0.15) is 0 Å². The summed E-state index contributed by atoms with van der Waals surface area (Å²) in [6.45, 7) is 0. The van der Waals surface area contributed by atoms with E-state index in [9.17, 15) is 0 Å². The van der Waals surface area contributed by atoms with Gasteiger partial charge in [-0.05, 0) is 24.3 Å². The molecule has 3 aromatic rings. The second-order valence-electron chi connectivity index (χ2n) is 3.91. The van der Waals surface area contributed by atoms with Crippen LogP contribution in [-0.2, 0) is 0 Å². The lowest BCUT2D eigenvalue weighted by Gasteiger charge is -2.09. The van der Waals surface area contributed by atoms with Crippen LogP contribution < -0.4 is 10.1 Å². The SMILES string of the molecule is COc1nccc2c(Nc3ccccn3)ccnc12. The molecule has 5 nitrogen and oxygen atoms in total. The molecule has 0 aliphatic rings. The first-order chi connectivity index (χ1) is 9.38. The summed E-state index contributed by atoms with van der Waals surface area (Å²) in [5.41, 5.74) is 1.65. The van der Waals surface area contributed by atoms with E-state index in [1.54, 1.807) is 25.7 Å². The van der Waals surface area contributed by atoms with Crippen molar-refractivity contribution in [3.05, 3.63) is 48.9 Å². The summed E-state index contributed by atoms with van der Waals surface area (Å²) >= 11 is 0. The average Bonchev–Trinajstić information content (AvgIpc) is 2.48. The smallest absolute Gasteiger partial charge is 0.240 e. The van der Waals surface area contributed by atoms with Crippen LogP contribution in [-0.4, -0.2) is 22.1 Å². The molecule has 0 amide bonds. The Morgan fingerprint density at radius 3 is 2.63 bits per heavy atom. The van der Waals surface area contributed by atoms with E-state index in [-0.39, 0.29) is 0 Å². The molecule has 0 aliphatic heterocycles. The molecule has 0 bridgehead atoms. The van der Waals surface area contributed by atoms with Crippen LogP contribution in [0.5, 0.6) is 5.88 Å². The first-order valence-electron chi connectivity index (χ1n) is 5.84. The van der Waals surface area contributed by atoms with E-state index >= 15 is 0 Å². The van der Waals surface area contributed by atoms with Crippen molar-refractivity contribution in [2.75, 3.05) is 12.4 Å². The van der Waals surface area contributed by atoms with Crippen LogP contribution >= 0.6 is 0 Å². The van der Waals surface area contributed by atoms with E-state index in [0.29, 0.717) is 5.88 Å². The molecule has 3 aromatic heterocycles. The molecule has 0 unspecified atom stereocenters. The summed E-state index contributed by atoms with van der Waals surface area (Å²) in [4.78, 5) is 12.7. The molecule has 1 N–H and O–H groups in total. The number of fused-ring (bicyclic) bond motifs is 1. The summed E-state index contributed by atoms with van der Waals surface area (Å²) in [6.07, 6.45) is 5.16. The molecular formula is C14H12N4O. The number of hydrogen-bond acceptors (Lipinski definition) is 5. The number of hydrogen-bond donors (Lipinski definition) is 1. The summed E-state index contributed by atoms with van der Waals surface area (Å²) in [5.74, 6) is 1.30. The standard InChI is InChI=1S/C14H12N4O/c1-19-14-13-10(5-8-17-14)11(6-9-16-13)18-12-4-2-3-7-15-12/h2-9H,1H3,(H,15,16,18). The zero-order valence-electron chi connectivity index (χ0n) is 10.4. The van der Waals surface area contributed by atoms with Gasteiger partial charge in [0.05, 0.1) is 12.8 Å². The van der Waals surface area contributed by atoms with Gasteiger partial charge < -0.3 is 10.1 Å². The normalized spacial score (nSPS) is 10.4. The number of nitrogens with one attached hydrogen (secondary N) is 1. The first kappa shape index (κ1) is 11.4. The third-order valence-corrected chi connectivity index (χ3v) is 2.75. The molecule has 0 atom stereocenters. The van der Waals surface area contributed by atoms with Gasteiger partial charge in [-0.15, -0.1) is 0 Å². The van der Waals surface area contributed by atoms with Crippen molar-refractivity contribution in [3.8, 4) is 5.88 Å². The fourth-order valence-corrected chi connectivity index (χ4v) is 1.89. The fourth-order valence-electron chi connectivity index (χ4n) is 1.89. The molecule has 0 radical (unpaired) electrons. The quantitative estimate of drug-likeness (QED) is 0.776. The van der Waals surface area contributed by atoms with E-state index in [1.807, 2.05) is 30.3 Å². The Hall–Kier alpha value is -2.69. The van der Waals surface area contributed by atoms with Gasteiger partial charge in [-0.1, -0.05) is 6.07 Å². The van der Waals surface area contributed by atoms with Gasteiger partial charge in [0.25, 0.3) is 0 Å². The van der Waals surface area contributed by atoms with Gasteiger partial charge in [0.2, 0.25) is 5.88 Å². The molecule has 0 saturated carbocycles. The highest BCUT2D eigenvalue weighted by atomic mass is 16.5. The van der Waals surface area contributed by atoms with Crippen LogP contribution in [0.4, 0.5) is 11.5 Å². The van der Waals surface area contributed by atoms with Crippen LogP contribution in [0, 0.1) is 0 Å². The molecule has 0 fully saturated rings. The number of nitrogens with zero attached hydrogens (tertiary/aromatic N) is 3. The number of pyridine rings is 3. The largest absolute Gasteiger partial charge is 0.479 e. The Labute approximate surface area is 110 Å². The second kappa shape index (κ2) is 4.89. The average molecular weight is 252 g/mol. The van der Waals surface area contributed by atoms with Crippen molar-refractivity contribution in [1.29, 1.82) is 0 Å². The van der Waals surface area contributed by atoms with Gasteiger partial charge in [-0.3, -0.25) is 4.98 Å². The van der Waals surface area contributed by atoms with Crippen LogP contribution in [0.25, 0.3) is 10.9 Å². The molecule has 0 saturated heterocycles. The van der Waals surface area contributed by atoms with Crippen molar-refractivity contribution in [2.45, 2.75) is 0 Å². The topological polar surface area (TPSA) is 59.9 Å². The third-order valence-electron chi connectivity index (χ3n) is 2.75. The van der Waals surface area contributed by atoms with E-state index < -0.39 is 0 Å². The second-order valence-corrected chi connectivity index (χ2v) is 3.91. The summed E-state index contributed by atoms with van der Waals surface area (Å²) < 4.78 is 5.22. The van der Waals surface area contributed by atoms with Crippen molar-refractivity contribution in [3.63, 3.8) is 0 Å². The Bertz CT molecular complexity index is 700. The predicted octanol–water partition coefficient (Wildman–Crippen LogP) is 2.78. The van der Waals surface area contributed by atoms with Crippen molar-refractivity contribution < 1.29 is 4.74 Å². The number of aromatic nitrogens is 3. The molecule has 0 aromatic carbocycles. The number of ether oxygens (including phenoxy) is 1. The van der Waals surface area contributed by atoms with Crippen molar-refractivity contribution in [2.24, 2.45) is 0 Å². The van der Waals surface area contributed by atoms with Crippen LogP contribution in [0.2, 0.25) is 0 Å². The number of rotatable bonds is 3. The van der Waals surface area contributed by atoms with Crippen LogP contribution in [0.15, 0.2) is 48.9 Å². The molecular weight excluding hydrogens is 240 g/mol. The van der Waals surface area contributed by atoms with E-state index in [4.69, 9.17) is 4.74 Å². The first-order valence-corrected chi connectivity index (χ1v) is 5.84. The maximum Gasteiger partial charge on any atom is 0.240 e. The highest BCUT2D eigenvalue weighted by molar-refractivity contribution is 5.94. The number of methoxy groups -OCH3 is 1. The molecule has 0 spiro atoms. The van der Waals surface area contributed by atoms with Crippen LogP contribution in [0.3, 0.4) is 0 Å². The Kier molecular flexibility index (Phi) is 2.94.